The second-order valence-electron chi connectivity index (χ2n) is 3.43. The Hall–Kier alpha value is -2.07. The molecule has 0 bridgehead atoms. The lowest BCUT2D eigenvalue weighted by atomic mass is 10.0. The Labute approximate surface area is 104 Å². The maximum atomic E-state index is 12.8. The van der Waals surface area contributed by atoms with E-state index < -0.39 is 11.7 Å². The van der Waals surface area contributed by atoms with Crippen LogP contribution in [-0.4, -0.2) is 4.37 Å². The van der Waals surface area contributed by atoms with Gasteiger partial charge in [-0.15, -0.1) is 0 Å². The molecule has 0 aliphatic heterocycles. The van der Waals surface area contributed by atoms with Crippen LogP contribution in [0.3, 0.4) is 0 Å². The number of hydrogen-bond donors (Lipinski definition) is 1. The highest BCUT2D eigenvalue weighted by atomic mass is 32.1. The van der Waals surface area contributed by atoms with Gasteiger partial charge >= 0.3 is 6.18 Å². The van der Waals surface area contributed by atoms with Crippen LogP contribution in [0.15, 0.2) is 24.3 Å². The first-order valence-corrected chi connectivity index (χ1v) is 5.54. The first-order chi connectivity index (χ1) is 8.45. The molecule has 2 rings (SSSR count). The summed E-state index contributed by atoms with van der Waals surface area (Å²) in [5.74, 6) is 0. The molecule has 0 unspecified atom stereocenters. The molecule has 0 fully saturated rings. The fraction of sp³-hybridized carbons (Fsp3) is 0.0909. The fourth-order valence-electron chi connectivity index (χ4n) is 1.53. The van der Waals surface area contributed by atoms with Gasteiger partial charge in [-0.05, 0) is 17.6 Å². The second kappa shape index (κ2) is 4.31. The summed E-state index contributed by atoms with van der Waals surface area (Å²) in [5.41, 5.74) is 4.51. The maximum Gasteiger partial charge on any atom is 0.417 e. The van der Waals surface area contributed by atoms with Crippen molar-refractivity contribution >= 4 is 16.5 Å². The Morgan fingerprint density at radius 3 is 2.56 bits per heavy atom. The van der Waals surface area contributed by atoms with Crippen molar-refractivity contribution in [1.29, 1.82) is 5.26 Å². The highest BCUT2D eigenvalue weighted by Gasteiger charge is 2.34. The molecule has 2 aromatic rings. The summed E-state index contributed by atoms with van der Waals surface area (Å²) < 4.78 is 42.3. The number of nitrogens with two attached hydrogens (primary N) is 1. The fourth-order valence-corrected chi connectivity index (χ4v) is 2.14. The summed E-state index contributed by atoms with van der Waals surface area (Å²) in [7, 11) is 0. The molecule has 0 spiro atoms. The van der Waals surface area contributed by atoms with Gasteiger partial charge in [-0.2, -0.15) is 22.8 Å². The number of nitriles is 1. The van der Waals surface area contributed by atoms with E-state index in [0.717, 1.165) is 17.6 Å². The van der Waals surface area contributed by atoms with Gasteiger partial charge in [0.25, 0.3) is 0 Å². The predicted octanol–water partition coefficient (Wildman–Crippen LogP) is 3.28. The Morgan fingerprint density at radius 2 is 1.94 bits per heavy atom. The summed E-state index contributed by atoms with van der Waals surface area (Å²) in [4.78, 5) is 0. The number of rotatable bonds is 1. The summed E-state index contributed by atoms with van der Waals surface area (Å²) in [5, 5.41) is 9.01. The Kier molecular flexibility index (Phi) is 2.97. The first kappa shape index (κ1) is 12.4. The highest BCUT2D eigenvalue weighted by molar-refractivity contribution is 7.10. The average molecular weight is 269 g/mol. The van der Waals surface area contributed by atoms with Crippen molar-refractivity contribution in [2.45, 2.75) is 6.18 Å². The molecule has 3 nitrogen and oxygen atoms in total. The van der Waals surface area contributed by atoms with Gasteiger partial charge in [0.2, 0.25) is 0 Å². The molecule has 7 heteroatoms. The third kappa shape index (κ3) is 2.02. The van der Waals surface area contributed by atoms with Crippen molar-refractivity contribution in [2.24, 2.45) is 0 Å². The van der Waals surface area contributed by atoms with Crippen LogP contribution in [0, 0.1) is 11.3 Å². The van der Waals surface area contributed by atoms with Crippen LogP contribution in [-0.2, 0) is 6.18 Å². The van der Waals surface area contributed by atoms with E-state index in [2.05, 4.69) is 4.37 Å². The van der Waals surface area contributed by atoms with Gasteiger partial charge in [-0.1, -0.05) is 18.2 Å². The third-order valence-corrected chi connectivity index (χ3v) is 2.99. The van der Waals surface area contributed by atoms with E-state index in [-0.39, 0.29) is 21.8 Å². The van der Waals surface area contributed by atoms with Crippen LogP contribution in [0.4, 0.5) is 18.2 Å². The van der Waals surface area contributed by atoms with Gasteiger partial charge < -0.3 is 5.73 Å². The van der Waals surface area contributed by atoms with Crippen molar-refractivity contribution in [1.82, 2.24) is 4.37 Å². The zero-order chi connectivity index (χ0) is 13.3. The molecule has 18 heavy (non-hydrogen) atoms. The van der Waals surface area contributed by atoms with Gasteiger partial charge in [-0.3, -0.25) is 0 Å². The van der Waals surface area contributed by atoms with Crippen molar-refractivity contribution < 1.29 is 13.2 Å². The van der Waals surface area contributed by atoms with Crippen LogP contribution in [0.5, 0.6) is 0 Å². The SMILES string of the molecule is N#Cc1c(-c2ccccc2C(F)(F)F)nsc1N. The van der Waals surface area contributed by atoms with Crippen molar-refractivity contribution in [3.8, 4) is 17.3 Å². The molecule has 0 atom stereocenters. The van der Waals surface area contributed by atoms with Crippen LogP contribution in [0.25, 0.3) is 11.3 Å². The van der Waals surface area contributed by atoms with Gasteiger partial charge in [0.05, 0.1) is 5.56 Å². The Morgan fingerprint density at radius 1 is 1.28 bits per heavy atom. The molecule has 1 heterocycles. The van der Waals surface area contributed by atoms with Crippen LogP contribution >= 0.6 is 11.5 Å². The normalized spacial score (nSPS) is 11.2. The van der Waals surface area contributed by atoms with Gasteiger partial charge in [0, 0.05) is 5.56 Å². The monoisotopic (exact) mass is 269 g/mol. The van der Waals surface area contributed by atoms with E-state index in [1.807, 2.05) is 0 Å². The highest BCUT2D eigenvalue weighted by Crippen LogP contribution is 2.39. The largest absolute Gasteiger partial charge is 0.417 e. The minimum atomic E-state index is -4.50. The molecule has 0 saturated carbocycles. The van der Waals surface area contributed by atoms with E-state index in [1.165, 1.54) is 18.2 Å². The van der Waals surface area contributed by atoms with E-state index in [4.69, 9.17) is 11.0 Å². The summed E-state index contributed by atoms with van der Waals surface area (Å²) in [6.45, 7) is 0. The number of anilines is 1. The Bertz CT molecular complexity index is 625. The molecule has 0 radical (unpaired) electrons. The number of hydrogen-bond acceptors (Lipinski definition) is 4. The van der Waals surface area contributed by atoms with Crippen molar-refractivity contribution in [3.05, 3.63) is 35.4 Å². The number of nitrogens with zero attached hydrogens (tertiary/aromatic N) is 2. The predicted molar refractivity (Wildman–Crippen MR) is 61.7 cm³/mol. The number of halogens is 3. The molecule has 1 aromatic heterocycles. The quantitative estimate of drug-likeness (QED) is 0.864. The van der Waals surface area contributed by atoms with E-state index in [1.54, 1.807) is 6.07 Å². The minimum Gasteiger partial charge on any atom is -0.388 e. The second-order valence-corrected chi connectivity index (χ2v) is 4.23. The van der Waals surface area contributed by atoms with Crippen LogP contribution in [0.1, 0.15) is 11.1 Å². The molecule has 0 aliphatic carbocycles. The standard InChI is InChI=1S/C11H6F3N3S/c12-11(13,14)8-4-2-1-3-6(8)9-7(5-15)10(16)18-17-9/h1-4H,16H2. The molecule has 92 valence electrons. The average Bonchev–Trinajstić information content (AvgIpc) is 2.69. The maximum absolute atomic E-state index is 12.8. The molecular formula is C11H6F3N3S. The lowest BCUT2D eigenvalue weighted by Crippen LogP contribution is -2.07. The zero-order valence-corrected chi connectivity index (χ0v) is 9.64. The topological polar surface area (TPSA) is 62.7 Å². The van der Waals surface area contributed by atoms with Crippen molar-refractivity contribution in [2.75, 3.05) is 5.73 Å². The van der Waals surface area contributed by atoms with Crippen molar-refractivity contribution in [3.63, 3.8) is 0 Å². The number of alkyl halides is 3. The van der Waals surface area contributed by atoms with Gasteiger partial charge in [0.1, 0.15) is 22.3 Å². The number of aromatic nitrogens is 1. The summed E-state index contributed by atoms with van der Waals surface area (Å²) >= 11 is 0.808. The Balaban J connectivity index is 2.69. The molecule has 2 N–H and O–H groups in total. The lowest BCUT2D eigenvalue weighted by molar-refractivity contribution is -0.137. The number of benzene rings is 1. The molecule has 0 amide bonds. The van der Waals surface area contributed by atoms with Crippen LogP contribution < -0.4 is 5.73 Å². The molecular weight excluding hydrogens is 263 g/mol. The zero-order valence-electron chi connectivity index (χ0n) is 8.82. The summed E-state index contributed by atoms with van der Waals surface area (Å²) in [6.07, 6.45) is -4.50. The smallest absolute Gasteiger partial charge is 0.388 e. The van der Waals surface area contributed by atoms with Crippen LogP contribution in [0.2, 0.25) is 0 Å². The van der Waals surface area contributed by atoms with E-state index in [0.29, 0.717) is 0 Å². The third-order valence-electron chi connectivity index (χ3n) is 2.32. The molecule has 1 aromatic carbocycles. The van der Waals surface area contributed by atoms with E-state index in [9.17, 15) is 13.2 Å². The molecule has 0 aliphatic rings. The van der Waals surface area contributed by atoms with E-state index >= 15 is 0 Å². The minimum absolute atomic E-state index is 0.0169. The number of nitrogen functional groups attached to an aromatic ring is 1. The lowest BCUT2D eigenvalue weighted by Gasteiger charge is -2.10. The van der Waals surface area contributed by atoms with Gasteiger partial charge in [-0.25, -0.2) is 0 Å². The molecule has 0 saturated heterocycles. The van der Waals surface area contributed by atoms with Gasteiger partial charge in [0.15, 0.2) is 0 Å². The first-order valence-electron chi connectivity index (χ1n) is 4.77. The summed E-state index contributed by atoms with van der Waals surface area (Å²) in [6, 6.07) is 6.75.